The van der Waals surface area contributed by atoms with Gasteiger partial charge in [-0.25, -0.2) is 15.0 Å². The molecule has 3 aromatic rings. The third kappa shape index (κ3) is 3.01. The molecule has 0 amide bonds. The Hall–Kier alpha value is -2.70. The second-order valence-corrected chi connectivity index (χ2v) is 5.84. The zero-order chi connectivity index (χ0) is 18.0. The number of hydrogen-bond acceptors (Lipinski definition) is 6. The summed E-state index contributed by atoms with van der Waals surface area (Å²) in [5, 5.41) is 0. The Bertz CT molecular complexity index is 887. The lowest BCUT2D eigenvalue weighted by Gasteiger charge is -2.15. The van der Waals surface area contributed by atoms with Crippen molar-refractivity contribution in [2.24, 2.45) is 0 Å². The number of hydrogen-bond donors (Lipinski definition) is 0. The van der Waals surface area contributed by atoms with Gasteiger partial charge in [-0.1, -0.05) is 13.8 Å². The van der Waals surface area contributed by atoms with Crippen LogP contribution < -0.4 is 9.47 Å². The van der Waals surface area contributed by atoms with Gasteiger partial charge in [0.25, 0.3) is 0 Å². The first-order chi connectivity index (χ1) is 12.1. The standard InChI is InChI=1S/C18H23N5O2/c1-6-12(7-2)23-10-19-16-17(23)20-11(3)15(22-16)13-8-9-14(24-4)21-18(13)25-5/h8-10,12H,6-7H2,1-5H3. The average Bonchev–Trinajstić information content (AvgIpc) is 3.04. The summed E-state index contributed by atoms with van der Waals surface area (Å²) in [4.78, 5) is 18.3. The van der Waals surface area contributed by atoms with E-state index in [0.29, 0.717) is 29.1 Å². The van der Waals surface area contributed by atoms with E-state index in [1.54, 1.807) is 20.3 Å². The summed E-state index contributed by atoms with van der Waals surface area (Å²) in [6, 6.07) is 4.04. The average molecular weight is 341 g/mol. The van der Waals surface area contributed by atoms with Gasteiger partial charge in [0.05, 0.1) is 37.5 Å². The Morgan fingerprint density at radius 1 is 1.04 bits per heavy atom. The van der Waals surface area contributed by atoms with Crippen LogP contribution in [-0.4, -0.2) is 38.7 Å². The Morgan fingerprint density at radius 3 is 2.44 bits per heavy atom. The summed E-state index contributed by atoms with van der Waals surface area (Å²) in [6.07, 6.45) is 3.89. The Balaban J connectivity index is 2.14. The van der Waals surface area contributed by atoms with E-state index in [9.17, 15) is 0 Å². The van der Waals surface area contributed by atoms with Gasteiger partial charge in [0.2, 0.25) is 11.8 Å². The molecule has 0 N–H and O–H groups in total. The van der Waals surface area contributed by atoms with Crippen molar-refractivity contribution in [2.75, 3.05) is 14.2 Å². The van der Waals surface area contributed by atoms with E-state index in [0.717, 1.165) is 29.7 Å². The quantitative estimate of drug-likeness (QED) is 0.682. The molecule has 3 rings (SSSR count). The number of nitrogens with zero attached hydrogens (tertiary/aromatic N) is 5. The molecule has 7 nitrogen and oxygen atoms in total. The molecule has 0 radical (unpaired) electrons. The summed E-state index contributed by atoms with van der Waals surface area (Å²) in [5.41, 5.74) is 3.74. The highest BCUT2D eigenvalue weighted by atomic mass is 16.5. The van der Waals surface area contributed by atoms with Crippen molar-refractivity contribution >= 4 is 11.3 Å². The van der Waals surface area contributed by atoms with Gasteiger partial charge in [-0.05, 0) is 25.8 Å². The number of imidazole rings is 1. The lowest BCUT2D eigenvalue weighted by Crippen LogP contribution is -2.07. The molecule has 3 aromatic heterocycles. The molecule has 0 aromatic carbocycles. The predicted molar refractivity (Wildman–Crippen MR) is 96.0 cm³/mol. The molecule has 0 aliphatic heterocycles. The number of methoxy groups -OCH3 is 2. The van der Waals surface area contributed by atoms with Crippen molar-refractivity contribution in [1.29, 1.82) is 0 Å². The van der Waals surface area contributed by atoms with Crippen LogP contribution in [0.4, 0.5) is 0 Å². The number of fused-ring (bicyclic) bond motifs is 1. The van der Waals surface area contributed by atoms with Crippen molar-refractivity contribution in [3.05, 3.63) is 24.2 Å². The van der Waals surface area contributed by atoms with Crippen LogP contribution in [-0.2, 0) is 0 Å². The van der Waals surface area contributed by atoms with Crippen LogP contribution in [0.2, 0.25) is 0 Å². The molecule has 0 bridgehead atoms. The third-order valence-corrected chi connectivity index (χ3v) is 4.41. The Kier molecular flexibility index (Phi) is 4.83. The monoisotopic (exact) mass is 341 g/mol. The fourth-order valence-corrected chi connectivity index (χ4v) is 3.01. The maximum Gasteiger partial charge on any atom is 0.226 e. The second kappa shape index (κ2) is 7.04. The van der Waals surface area contributed by atoms with Crippen molar-refractivity contribution < 1.29 is 9.47 Å². The zero-order valence-corrected chi connectivity index (χ0v) is 15.3. The fraction of sp³-hybridized carbons (Fsp3) is 0.444. The maximum absolute atomic E-state index is 5.40. The smallest absolute Gasteiger partial charge is 0.226 e. The van der Waals surface area contributed by atoms with E-state index in [1.165, 1.54) is 0 Å². The first kappa shape index (κ1) is 17.1. The van der Waals surface area contributed by atoms with E-state index in [4.69, 9.17) is 19.4 Å². The van der Waals surface area contributed by atoms with Gasteiger partial charge in [0, 0.05) is 12.1 Å². The van der Waals surface area contributed by atoms with E-state index < -0.39 is 0 Å². The van der Waals surface area contributed by atoms with E-state index in [1.807, 2.05) is 19.3 Å². The minimum Gasteiger partial charge on any atom is -0.481 e. The van der Waals surface area contributed by atoms with Crippen molar-refractivity contribution in [3.63, 3.8) is 0 Å². The molecule has 3 heterocycles. The molecule has 0 saturated heterocycles. The highest BCUT2D eigenvalue weighted by molar-refractivity contribution is 5.75. The van der Waals surface area contributed by atoms with Crippen LogP contribution in [0.1, 0.15) is 38.4 Å². The first-order valence-corrected chi connectivity index (χ1v) is 8.43. The number of pyridine rings is 1. The summed E-state index contributed by atoms with van der Waals surface area (Å²) >= 11 is 0. The van der Waals surface area contributed by atoms with Crippen molar-refractivity contribution in [3.8, 4) is 23.0 Å². The molecule has 0 fully saturated rings. The Labute approximate surface area is 147 Å². The normalized spacial score (nSPS) is 11.3. The van der Waals surface area contributed by atoms with Crippen molar-refractivity contribution in [1.82, 2.24) is 24.5 Å². The predicted octanol–water partition coefficient (Wildman–Crippen LogP) is 3.58. The molecule has 0 aliphatic rings. The van der Waals surface area contributed by atoms with Crippen LogP contribution in [0.15, 0.2) is 18.5 Å². The number of rotatable bonds is 6. The third-order valence-electron chi connectivity index (χ3n) is 4.41. The van der Waals surface area contributed by atoms with Crippen LogP contribution in [0.3, 0.4) is 0 Å². The summed E-state index contributed by atoms with van der Waals surface area (Å²) in [5.74, 6) is 0.945. The molecule has 132 valence electrons. The van der Waals surface area contributed by atoms with Gasteiger partial charge < -0.3 is 14.0 Å². The van der Waals surface area contributed by atoms with Crippen LogP contribution >= 0.6 is 0 Å². The van der Waals surface area contributed by atoms with E-state index in [-0.39, 0.29) is 0 Å². The number of aromatic nitrogens is 5. The van der Waals surface area contributed by atoms with Crippen LogP contribution in [0.25, 0.3) is 22.6 Å². The first-order valence-electron chi connectivity index (χ1n) is 8.43. The van der Waals surface area contributed by atoms with Gasteiger partial charge >= 0.3 is 0 Å². The highest BCUT2D eigenvalue weighted by Gasteiger charge is 2.18. The van der Waals surface area contributed by atoms with Crippen LogP contribution in [0, 0.1) is 6.92 Å². The summed E-state index contributed by atoms with van der Waals surface area (Å²) in [6.45, 7) is 6.28. The molecule has 0 spiro atoms. The zero-order valence-electron chi connectivity index (χ0n) is 15.3. The molecule has 0 aliphatic carbocycles. The number of ether oxygens (including phenoxy) is 2. The second-order valence-electron chi connectivity index (χ2n) is 5.84. The van der Waals surface area contributed by atoms with Gasteiger partial charge in [-0.15, -0.1) is 0 Å². The Morgan fingerprint density at radius 2 is 1.80 bits per heavy atom. The summed E-state index contributed by atoms with van der Waals surface area (Å²) < 4.78 is 12.7. The molecular formula is C18H23N5O2. The fourth-order valence-electron chi connectivity index (χ4n) is 3.01. The lowest BCUT2D eigenvalue weighted by molar-refractivity contribution is 0.365. The van der Waals surface area contributed by atoms with E-state index in [2.05, 4.69) is 28.4 Å². The van der Waals surface area contributed by atoms with Gasteiger partial charge in [-0.2, -0.15) is 4.98 Å². The highest BCUT2D eigenvalue weighted by Crippen LogP contribution is 2.32. The SMILES string of the molecule is CCC(CC)n1cnc2nc(-c3ccc(OC)nc3OC)c(C)nc21. The number of aryl methyl sites for hydroxylation is 1. The van der Waals surface area contributed by atoms with Gasteiger partial charge in [0.15, 0.2) is 11.3 Å². The molecule has 0 saturated carbocycles. The molecule has 0 atom stereocenters. The minimum absolute atomic E-state index is 0.377. The van der Waals surface area contributed by atoms with Gasteiger partial charge in [-0.3, -0.25) is 0 Å². The minimum atomic E-state index is 0.377. The lowest BCUT2D eigenvalue weighted by atomic mass is 10.1. The largest absolute Gasteiger partial charge is 0.481 e. The maximum atomic E-state index is 5.40. The van der Waals surface area contributed by atoms with Gasteiger partial charge in [0.1, 0.15) is 0 Å². The topological polar surface area (TPSA) is 75.0 Å². The van der Waals surface area contributed by atoms with Crippen molar-refractivity contribution in [2.45, 2.75) is 39.7 Å². The van der Waals surface area contributed by atoms with E-state index >= 15 is 0 Å². The molecular weight excluding hydrogens is 318 g/mol. The molecule has 7 heteroatoms. The molecule has 25 heavy (non-hydrogen) atoms. The summed E-state index contributed by atoms with van der Waals surface area (Å²) in [7, 11) is 3.15. The van der Waals surface area contributed by atoms with Crippen LogP contribution in [0.5, 0.6) is 11.8 Å². The molecule has 0 unspecified atom stereocenters.